The van der Waals surface area contributed by atoms with Crippen LogP contribution >= 0.6 is 11.6 Å². The third-order valence-corrected chi connectivity index (χ3v) is 4.00. The molecule has 2 rings (SSSR count). The van der Waals surface area contributed by atoms with E-state index >= 15 is 0 Å². The molecule has 0 amide bonds. The highest BCUT2D eigenvalue weighted by Crippen LogP contribution is 2.23. The lowest BCUT2D eigenvalue weighted by atomic mass is 10.0. The highest BCUT2D eigenvalue weighted by Gasteiger charge is 2.27. The Labute approximate surface area is 162 Å². The molecule has 2 aromatic rings. The smallest absolute Gasteiger partial charge is 0.347 e. The van der Waals surface area contributed by atoms with E-state index in [9.17, 15) is 14.7 Å². The van der Waals surface area contributed by atoms with Gasteiger partial charge in [-0.2, -0.15) is 0 Å². The number of esters is 1. The van der Waals surface area contributed by atoms with E-state index < -0.39 is 24.1 Å². The van der Waals surface area contributed by atoms with Crippen molar-refractivity contribution in [2.24, 2.45) is 0 Å². The Morgan fingerprint density at radius 1 is 1.19 bits per heavy atom. The second-order valence-electron chi connectivity index (χ2n) is 5.67. The van der Waals surface area contributed by atoms with E-state index in [2.05, 4.69) is 5.92 Å². The molecule has 0 bridgehead atoms. The van der Waals surface area contributed by atoms with Crippen molar-refractivity contribution in [1.82, 2.24) is 0 Å². The van der Waals surface area contributed by atoms with Gasteiger partial charge in [0, 0.05) is 11.4 Å². The Balaban J connectivity index is 2.11. The van der Waals surface area contributed by atoms with Crippen LogP contribution in [0.15, 0.2) is 48.5 Å². The molecule has 0 radical (unpaired) electrons. The Morgan fingerprint density at radius 3 is 2.44 bits per heavy atom. The first-order valence-corrected chi connectivity index (χ1v) is 8.68. The largest absolute Gasteiger partial charge is 0.479 e. The molecular weight excluding hydrogens is 368 g/mol. The van der Waals surface area contributed by atoms with Crippen molar-refractivity contribution in [3.8, 4) is 23.5 Å². The zero-order valence-corrected chi connectivity index (χ0v) is 15.5. The normalized spacial score (nSPS) is 12.6. The van der Waals surface area contributed by atoms with Gasteiger partial charge in [-0.05, 0) is 35.7 Å². The molecule has 0 fully saturated rings. The summed E-state index contributed by atoms with van der Waals surface area (Å²) < 4.78 is 10.1. The predicted octanol–water partition coefficient (Wildman–Crippen LogP) is 3.58. The van der Waals surface area contributed by atoms with E-state index in [0.29, 0.717) is 5.02 Å². The first kappa shape index (κ1) is 20.5. The predicted molar refractivity (Wildman–Crippen MR) is 102 cm³/mol. The van der Waals surface area contributed by atoms with Gasteiger partial charge in [0.1, 0.15) is 0 Å². The Hall–Kier alpha value is -2.81. The molecule has 2 atom stereocenters. The molecule has 2 aromatic carbocycles. The minimum atomic E-state index is -1.36. The summed E-state index contributed by atoms with van der Waals surface area (Å²) in [6, 6.07) is 14.7. The van der Waals surface area contributed by atoms with Crippen LogP contribution in [0.25, 0.3) is 11.1 Å². The average Bonchev–Trinajstić information content (AvgIpc) is 2.65. The third-order valence-electron chi connectivity index (χ3n) is 3.76. The summed E-state index contributed by atoms with van der Waals surface area (Å²) in [6.45, 7) is 1.75. The molecule has 6 heteroatoms. The van der Waals surface area contributed by atoms with Crippen LogP contribution in [0.2, 0.25) is 5.02 Å². The maximum absolute atomic E-state index is 11.7. The molecule has 1 N–H and O–H groups in total. The highest BCUT2D eigenvalue weighted by molar-refractivity contribution is 6.30. The molecule has 0 aliphatic heterocycles. The van der Waals surface area contributed by atoms with Crippen LogP contribution in [-0.4, -0.2) is 35.9 Å². The fourth-order valence-electron chi connectivity index (χ4n) is 2.45. The maximum atomic E-state index is 11.7. The van der Waals surface area contributed by atoms with Crippen molar-refractivity contribution in [2.75, 3.05) is 6.61 Å². The lowest BCUT2D eigenvalue weighted by Gasteiger charge is -2.18. The van der Waals surface area contributed by atoms with Gasteiger partial charge in [-0.25, -0.2) is 9.59 Å². The molecule has 0 aliphatic rings. The monoisotopic (exact) mass is 386 g/mol. The number of hydrogen-bond acceptors (Lipinski definition) is 4. The van der Waals surface area contributed by atoms with Gasteiger partial charge in [-0.15, -0.1) is 6.42 Å². The minimum Gasteiger partial charge on any atom is -0.479 e. The second kappa shape index (κ2) is 9.77. The standard InChI is InChI=1S/C21H19ClO5/c1-3-18(21(25)26-4-2)27-19(20(23)24)12-14-8-10-15(11-9-14)16-6-5-7-17(22)13-16/h1,5-11,13,18-19H,4,12H2,2H3,(H,23,24)/t18-,19-/m0/s1. The van der Waals surface area contributed by atoms with E-state index in [1.165, 1.54) is 0 Å². The van der Waals surface area contributed by atoms with Crippen LogP contribution in [0.5, 0.6) is 0 Å². The first-order valence-electron chi connectivity index (χ1n) is 8.30. The maximum Gasteiger partial charge on any atom is 0.347 e. The van der Waals surface area contributed by atoms with Gasteiger partial charge in [0.15, 0.2) is 6.10 Å². The lowest BCUT2D eigenvalue weighted by molar-refractivity contribution is -0.164. The van der Waals surface area contributed by atoms with Crippen molar-refractivity contribution in [2.45, 2.75) is 25.6 Å². The van der Waals surface area contributed by atoms with Gasteiger partial charge >= 0.3 is 11.9 Å². The number of carbonyl (C=O) groups is 2. The summed E-state index contributed by atoms with van der Waals surface area (Å²) >= 11 is 6.00. The van der Waals surface area contributed by atoms with E-state index in [0.717, 1.165) is 16.7 Å². The number of rotatable bonds is 8. The van der Waals surface area contributed by atoms with Gasteiger partial charge < -0.3 is 14.6 Å². The van der Waals surface area contributed by atoms with Crippen molar-refractivity contribution in [3.05, 3.63) is 59.1 Å². The summed E-state index contributed by atoms with van der Waals surface area (Å²) in [6.07, 6.45) is 2.69. The number of carbonyl (C=O) groups excluding carboxylic acids is 1. The molecule has 0 aliphatic carbocycles. The van der Waals surface area contributed by atoms with Crippen molar-refractivity contribution in [1.29, 1.82) is 0 Å². The average molecular weight is 387 g/mol. The summed E-state index contributed by atoms with van der Waals surface area (Å²) in [5.74, 6) is 0.136. The molecule has 0 saturated heterocycles. The topological polar surface area (TPSA) is 72.8 Å². The molecule has 0 unspecified atom stereocenters. The van der Waals surface area contributed by atoms with Gasteiger partial charge in [-0.3, -0.25) is 0 Å². The summed E-state index contributed by atoms with van der Waals surface area (Å²) in [5, 5.41) is 10.0. The number of carboxylic acids is 1. The number of aliphatic carboxylic acids is 1. The van der Waals surface area contributed by atoms with Crippen LogP contribution in [0.4, 0.5) is 0 Å². The molecule has 0 spiro atoms. The summed E-state index contributed by atoms with van der Waals surface area (Å²) in [7, 11) is 0. The zero-order chi connectivity index (χ0) is 19.8. The van der Waals surface area contributed by atoms with Gasteiger partial charge in [0.25, 0.3) is 0 Å². The Kier molecular flexibility index (Phi) is 7.42. The van der Waals surface area contributed by atoms with E-state index in [1.54, 1.807) is 25.1 Å². The summed E-state index contributed by atoms with van der Waals surface area (Å²) in [5.41, 5.74) is 2.63. The minimum absolute atomic E-state index is 0.0583. The van der Waals surface area contributed by atoms with Crippen LogP contribution in [-0.2, 0) is 25.5 Å². The number of benzene rings is 2. The molecule has 0 saturated carbocycles. The SMILES string of the molecule is C#C[C@H](O[C@@H](Cc1ccc(-c2cccc(Cl)c2)cc1)C(=O)O)C(=O)OCC. The van der Waals surface area contributed by atoms with Crippen molar-refractivity contribution in [3.63, 3.8) is 0 Å². The Bertz CT molecular complexity index is 838. The van der Waals surface area contributed by atoms with Crippen LogP contribution in [0.1, 0.15) is 12.5 Å². The van der Waals surface area contributed by atoms with Crippen molar-refractivity contribution < 1.29 is 24.2 Å². The number of carboxylic acid groups (broad SMARTS) is 1. The molecule has 5 nitrogen and oxygen atoms in total. The zero-order valence-electron chi connectivity index (χ0n) is 14.7. The molecule has 0 heterocycles. The first-order chi connectivity index (χ1) is 12.9. The van der Waals surface area contributed by atoms with E-state index in [-0.39, 0.29) is 13.0 Å². The number of ether oxygens (including phenoxy) is 2. The van der Waals surface area contributed by atoms with Gasteiger partial charge in [0.2, 0.25) is 6.10 Å². The molecular formula is C21H19ClO5. The van der Waals surface area contributed by atoms with E-state index in [1.807, 2.05) is 30.3 Å². The number of halogens is 1. The number of terminal acetylenes is 1. The Morgan fingerprint density at radius 2 is 1.89 bits per heavy atom. The molecule has 27 heavy (non-hydrogen) atoms. The fraction of sp³-hybridized carbons (Fsp3) is 0.238. The quantitative estimate of drug-likeness (QED) is 0.554. The van der Waals surface area contributed by atoms with Crippen LogP contribution in [0.3, 0.4) is 0 Å². The second-order valence-corrected chi connectivity index (χ2v) is 6.11. The molecule has 0 aromatic heterocycles. The van der Waals surface area contributed by atoms with Crippen LogP contribution < -0.4 is 0 Å². The molecule has 140 valence electrons. The van der Waals surface area contributed by atoms with E-state index in [4.69, 9.17) is 27.5 Å². The lowest BCUT2D eigenvalue weighted by Crippen LogP contribution is -2.35. The van der Waals surface area contributed by atoms with Crippen LogP contribution in [0, 0.1) is 12.3 Å². The summed E-state index contributed by atoms with van der Waals surface area (Å²) in [4.78, 5) is 23.2. The van der Waals surface area contributed by atoms with Gasteiger partial charge in [-0.1, -0.05) is 53.9 Å². The highest BCUT2D eigenvalue weighted by atomic mass is 35.5. The fourth-order valence-corrected chi connectivity index (χ4v) is 2.64. The van der Waals surface area contributed by atoms with Gasteiger partial charge in [0.05, 0.1) is 6.61 Å². The third kappa shape index (κ3) is 5.85. The van der Waals surface area contributed by atoms with Crippen molar-refractivity contribution >= 4 is 23.5 Å². The number of hydrogen-bond donors (Lipinski definition) is 1.